The Bertz CT molecular complexity index is 885. The van der Waals surface area contributed by atoms with Gasteiger partial charge in [0, 0.05) is 6.42 Å². The normalized spacial score (nSPS) is 15.3. The summed E-state index contributed by atoms with van der Waals surface area (Å²) in [5.41, 5.74) is 0.695. The molecule has 1 heterocycles. The smallest absolute Gasteiger partial charge is 0.328 e. The van der Waals surface area contributed by atoms with Crippen molar-refractivity contribution in [3.8, 4) is 5.75 Å². The van der Waals surface area contributed by atoms with Gasteiger partial charge in [0.2, 0.25) is 0 Å². The van der Waals surface area contributed by atoms with Crippen molar-refractivity contribution in [2.45, 2.75) is 18.9 Å². The van der Waals surface area contributed by atoms with Crippen LogP contribution in [0.1, 0.15) is 18.4 Å². The molecule has 160 valence electrons. The Morgan fingerprint density at radius 1 is 1.27 bits per heavy atom. The fourth-order valence-electron chi connectivity index (χ4n) is 2.41. The molecule has 1 aliphatic heterocycles. The molecule has 1 aromatic rings. The Hall–Kier alpha value is -2.92. The van der Waals surface area contributed by atoms with Crippen molar-refractivity contribution in [3.05, 3.63) is 34.7 Å². The largest absolute Gasteiger partial charge is 0.484 e. The van der Waals surface area contributed by atoms with Gasteiger partial charge in [-0.3, -0.25) is 14.4 Å². The van der Waals surface area contributed by atoms with Gasteiger partial charge in [-0.1, -0.05) is 36.1 Å². The molecule has 2 N–H and O–H groups in total. The number of esters is 2. The number of methoxy groups -OCH3 is 2. The average molecular weight is 453 g/mol. The third-order valence-corrected chi connectivity index (χ3v) is 5.02. The minimum absolute atomic E-state index is 0.0374. The number of thiocarbonyl (C=S) groups is 1. The maximum absolute atomic E-state index is 12.2. The van der Waals surface area contributed by atoms with Gasteiger partial charge in [0.15, 0.2) is 6.61 Å². The molecule has 0 aliphatic carbocycles. The van der Waals surface area contributed by atoms with E-state index in [-0.39, 0.29) is 25.4 Å². The number of hydrogen-bond acceptors (Lipinski definition) is 9. The second-order valence-corrected chi connectivity index (χ2v) is 7.69. The lowest BCUT2D eigenvalue weighted by molar-refractivity contribution is -0.146. The molecule has 0 unspecified atom stereocenters. The van der Waals surface area contributed by atoms with Gasteiger partial charge in [-0.15, -0.1) is 0 Å². The van der Waals surface area contributed by atoms with E-state index in [9.17, 15) is 19.2 Å². The highest BCUT2D eigenvalue weighted by molar-refractivity contribution is 8.26. The Kier molecular flexibility index (Phi) is 8.81. The highest BCUT2D eigenvalue weighted by Gasteiger charge is 2.23. The molecular weight excluding hydrogens is 432 g/mol. The van der Waals surface area contributed by atoms with Crippen LogP contribution in [-0.4, -0.2) is 54.9 Å². The molecule has 0 bridgehead atoms. The number of benzene rings is 1. The Morgan fingerprint density at radius 2 is 2.03 bits per heavy atom. The zero-order valence-electron chi connectivity index (χ0n) is 16.3. The molecule has 0 aromatic heterocycles. The van der Waals surface area contributed by atoms with E-state index in [0.29, 0.717) is 20.5 Å². The van der Waals surface area contributed by atoms with E-state index >= 15 is 0 Å². The average Bonchev–Trinajstić information content (AvgIpc) is 3.05. The van der Waals surface area contributed by atoms with Gasteiger partial charge < -0.3 is 24.8 Å². The second-order valence-electron chi connectivity index (χ2n) is 5.97. The molecule has 1 aromatic carbocycles. The lowest BCUT2D eigenvalue weighted by Crippen LogP contribution is -2.43. The number of hydrogen-bond donors (Lipinski definition) is 2. The number of thioether (sulfide) groups is 1. The van der Waals surface area contributed by atoms with Crippen molar-refractivity contribution >= 4 is 58.1 Å². The minimum atomic E-state index is -0.997. The van der Waals surface area contributed by atoms with E-state index in [1.165, 1.54) is 14.2 Å². The van der Waals surface area contributed by atoms with Crippen LogP contribution in [0.15, 0.2) is 29.2 Å². The van der Waals surface area contributed by atoms with E-state index in [1.807, 2.05) is 0 Å². The number of amides is 2. The van der Waals surface area contributed by atoms with Gasteiger partial charge >= 0.3 is 11.9 Å². The van der Waals surface area contributed by atoms with Gasteiger partial charge in [-0.25, -0.2) is 4.79 Å². The van der Waals surface area contributed by atoms with Crippen LogP contribution in [-0.2, 0) is 28.7 Å². The van der Waals surface area contributed by atoms with Crippen LogP contribution in [0.2, 0.25) is 0 Å². The van der Waals surface area contributed by atoms with Gasteiger partial charge in [0.05, 0.1) is 19.1 Å². The van der Waals surface area contributed by atoms with E-state index < -0.39 is 23.9 Å². The van der Waals surface area contributed by atoms with Crippen LogP contribution in [0, 0.1) is 0 Å². The Morgan fingerprint density at radius 3 is 2.67 bits per heavy atom. The van der Waals surface area contributed by atoms with Crippen LogP contribution >= 0.6 is 24.0 Å². The number of rotatable bonds is 9. The lowest BCUT2D eigenvalue weighted by atomic mass is 10.1. The van der Waals surface area contributed by atoms with Gasteiger partial charge in [-0.05, 0) is 30.2 Å². The molecular formula is C19H20N2O7S2. The van der Waals surface area contributed by atoms with E-state index in [1.54, 1.807) is 30.3 Å². The summed E-state index contributed by atoms with van der Waals surface area (Å²) < 4.78 is 15.0. The molecule has 11 heteroatoms. The fraction of sp³-hybridized carbons (Fsp3) is 0.316. The monoisotopic (exact) mass is 452 g/mol. The highest BCUT2D eigenvalue weighted by Crippen LogP contribution is 2.26. The Labute approximate surface area is 182 Å². The fourth-order valence-corrected chi connectivity index (χ4v) is 3.45. The summed E-state index contributed by atoms with van der Waals surface area (Å²) in [5.74, 6) is -1.61. The molecule has 2 rings (SSSR count). The van der Waals surface area contributed by atoms with Gasteiger partial charge in [0.25, 0.3) is 11.8 Å². The number of ether oxygens (including phenoxy) is 3. The first-order chi connectivity index (χ1) is 14.3. The number of carbonyl (C=O) groups is 4. The Balaban J connectivity index is 1.94. The van der Waals surface area contributed by atoms with Crippen molar-refractivity contribution in [1.29, 1.82) is 0 Å². The van der Waals surface area contributed by atoms with E-state index in [4.69, 9.17) is 17.0 Å². The lowest BCUT2D eigenvalue weighted by Gasteiger charge is -2.16. The molecule has 0 radical (unpaired) electrons. The van der Waals surface area contributed by atoms with Gasteiger partial charge in [-0.2, -0.15) is 0 Å². The topological polar surface area (TPSA) is 120 Å². The van der Waals surface area contributed by atoms with Crippen LogP contribution in [0.4, 0.5) is 0 Å². The summed E-state index contributed by atoms with van der Waals surface area (Å²) in [7, 11) is 2.42. The highest BCUT2D eigenvalue weighted by atomic mass is 32.2. The molecule has 2 amide bonds. The van der Waals surface area contributed by atoms with Crippen molar-refractivity contribution in [2.75, 3.05) is 20.8 Å². The summed E-state index contributed by atoms with van der Waals surface area (Å²) in [4.78, 5) is 47.4. The van der Waals surface area contributed by atoms with Crippen LogP contribution in [0.5, 0.6) is 5.75 Å². The van der Waals surface area contributed by atoms with Gasteiger partial charge in [0.1, 0.15) is 16.1 Å². The minimum Gasteiger partial charge on any atom is -0.484 e. The van der Waals surface area contributed by atoms with Crippen molar-refractivity contribution in [1.82, 2.24) is 10.6 Å². The molecule has 1 saturated heterocycles. The molecule has 1 fully saturated rings. The standard InChI is InChI=1S/C19H20N2O7S2/c1-26-16(23)7-6-13(18(25)27-2)20-15(22)10-28-12-5-3-4-11(8-12)9-14-17(24)21-19(29)30-14/h3-5,8-9,13H,6-7,10H2,1-2H3,(H,20,22)(H,21,24,29)/b14-9-/t13-/m1/s1. The van der Waals surface area contributed by atoms with Crippen LogP contribution in [0.3, 0.4) is 0 Å². The molecule has 1 aliphatic rings. The predicted octanol–water partition coefficient (Wildman–Crippen LogP) is 1.17. The molecule has 0 spiro atoms. The summed E-state index contributed by atoms with van der Waals surface area (Å²) in [6.07, 6.45) is 1.64. The molecule has 30 heavy (non-hydrogen) atoms. The predicted molar refractivity (Wildman–Crippen MR) is 113 cm³/mol. The van der Waals surface area contributed by atoms with E-state index in [0.717, 1.165) is 11.8 Å². The van der Waals surface area contributed by atoms with Crippen molar-refractivity contribution in [3.63, 3.8) is 0 Å². The summed E-state index contributed by atoms with van der Waals surface area (Å²) in [6, 6.07) is 5.79. The quantitative estimate of drug-likeness (QED) is 0.323. The molecule has 1 atom stereocenters. The molecule has 0 saturated carbocycles. The first-order valence-corrected chi connectivity index (χ1v) is 9.96. The first-order valence-electron chi connectivity index (χ1n) is 8.74. The maximum Gasteiger partial charge on any atom is 0.328 e. The second kappa shape index (κ2) is 11.3. The van der Waals surface area contributed by atoms with Crippen molar-refractivity contribution in [2.24, 2.45) is 0 Å². The molecule has 9 nitrogen and oxygen atoms in total. The maximum atomic E-state index is 12.2. The third kappa shape index (κ3) is 7.16. The number of carbonyl (C=O) groups excluding carboxylic acids is 4. The van der Waals surface area contributed by atoms with Crippen LogP contribution < -0.4 is 15.4 Å². The summed E-state index contributed by atoms with van der Waals surface area (Å²) in [6.45, 7) is -0.356. The summed E-state index contributed by atoms with van der Waals surface area (Å²) >= 11 is 6.11. The zero-order valence-corrected chi connectivity index (χ0v) is 17.9. The van der Waals surface area contributed by atoms with Crippen molar-refractivity contribution < 1.29 is 33.4 Å². The van der Waals surface area contributed by atoms with Crippen LogP contribution in [0.25, 0.3) is 6.08 Å². The zero-order chi connectivity index (χ0) is 22.1. The number of nitrogens with one attached hydrogen (secondary N) is 2. The van der Waals surface area contributed by atoms with E-state index in [2.05, 4.69) is 20.1 Å². The summed E-state index contributed by atoms with van der Waals surface area (Å²) in [5, 5.41) is 5.00. The first kappa shape index (κ1) is 23.4. The SMILES string of the molecule is COC(=O)CC[C@@H](NC(=O)COc1cccc(/C=C2\SC(=S)NC2=O)c1)C(=O)OC. The third-order valence-electron chi connectivity index (χ3n) is 3.85.